The minimum Gasteiger partial charge on any atom is -0.381 e. The molecule has 0 saturated heterocycles. The van der Waals surface area contributed by atoms with Gasteiger partial charge in [-0.25, -0.2) is 0 Å². The summed E-state index contributed by atoms with van der Waals surface area (Å²) in [6.07, 6.45) is 8.58. The van der Waals surface area contributed by atoms with Crippen LogP contribution < -0.4 is 0 Å². The molecule has 0 radical (unpaired) electrons. The molecule has 0 N–H and O–H groups in total. The Morgan fingerprint density at radius 1 is 1.36 bits per heavy atom. The minimum absolute atomic E-state index is 0.920. The third kappa shape index (κ3) is 5.02. The van der Waals surface area contributed by atoms with Gasteiger partial charge in [-0.15, -0.1) is 0 Å². The van der Waals surface area contributed by atoms with Crippen molar-refractivity contribution >= 4 is 0 Å². The Morgan fingerprint density at radius 2 is 2.18 bits per heavy atom. The first-order chi connectivity index (χ1) is 5.43. The SMILES string of the molecule is CCCCOCCC=C1CC1. The summed E-state index contributed by atoms with van der Waals surface area (Å²) in [6.45, 7) is 4.05. The van der Waals surface area contributed by atoms with Crippen LogP contribution in [0.5, 0.6) is 0 Å². The second-order valence-corrected chi connectivity index (χ2v) is 3.12. The third-order valence-electron chi connectivity index (χ3n) is 1.88. The van der Waals surface area contributed by atoms with Gasteiger partial charge >= 0.3 is 0 Å². The molecule has 0 aromatic rings. The average molecular weight is 154 g/mol. The zero-order valence-electron chi connectivity index (χ0n) is 7.44. The maximum Gasteiger partial charge on any atom is 0.0500 e. The zero-order chi connectivity index (χ0) is 7.94. The lowest BCUT2D eigenvalue weighted by atomic mass is 10.3. The van der Waals surface area contributed by atoms with Crippen molar-refractivity contribution in [2.24, 2.45) is 0 Å². The van der Waals surface area contributed by atoms with E-state index in [1.54, 1.807) is 5.57 Å². The highest BCUT2D eigenvalue weighted by Gasteiger charge is 2.08. The second-order valence-electron chi connectivity index (χ2n) is 3.12. The van der Waals surface area contributed by atoms with Gasteiger partial charge in [-0.1, -0.05) is 25.0 Å². The molecular formula is C10H18O. The summed E-state index contributed by atoms with van der Waals surface area (Å²) in [4.78, 5) is 0. The molecule has 0 aliphatic heterocycles. The first-order valence-electron chi connectivity index (χ1n) is 4.69. The van der Waals surface area contributed by atoms with E-state index in [1.165, 1.54) is 25.7 Å². The van der Waals surface area contributed by atoms with Crippen LogP contribution in [0.1, 0.15) is 39.0 Å². The molecule has 0 aromatic heterocycles. The van der Waals surface area contributed by atoms with E-state index in [9.17, 15) is 0 Å². The molecule has 0 aromatic carbocycles. The Balaban J connectivity index is 1.77. The van der Waals surface area contributed by atoms with E-state index in [4.69, 9.17) is 4.74 Å². The van der Waals surface area contributed by atoms with Crippen LogP contribution in [0.4, 0.5) is 0 Å². The van der Waals surface area contributed by atoms with Crippen molar-refractivity contribution in [3.8, 4) is 0 Å². The summed E-state index contributed by atoms with van der Waals surface area (Å²) < 4.78 is 5.41. The van der Waals surface area contributed by atoms with E-state index in [1.807, 2.05) is 0 Å². The lowest BCUT2D eigenvalue weighted by Crippen LogP contribution is -1.94. The number of hydrogen-bond acceptors (Lipinski definition) is 1. The monoisotopic (exact) mass is 154 g/mol. The number of rotatable bonds is 6. The second kappa shape index (κ2) is 5.36. The molecule has 64 valence electrons. The van der Waals surface area contributed by atoms with Crippen LogP contribution >= 0.6 is 0 Å². The molecule has 0 amide bonds. The predicted molar refractivity (Wildman–Crippen MR) is 47.7 cm³/mol. The fraction of sp³-hybridized carbons (Fsp3) is 0.800. The van der Waals surface area contributed by atoms with Gasteiger partial charge in [-0.3, -0.25) is 0 Å². The summed E-state index contributed by atoms with van der Waals surface area (Å²) in [7, 11) is 0. The molecular weight excluding hydrogens is 136 g/mol. The van der Waals surface area contributed by atoms with Gasteiger partial charge in [-0.05, 0) is 25.7 Å². The summed E-state index contributed by atoms with van der Waals surface area (Å²) >= 11 is 0. The summed E-state index contributed by atoms with van der Waals surface area (Å²) in [6, 6.07) is 0. The summed E-state index contributed by atoms with van der Waals surface area (Å²) in [5.74, 6) is 0. The molecule has 0 heterocycles. The van der Waals surface area contributed by atoms with Gasteiger partial charge in [-0.2, -0.15) is 0 Å². The van der Waals surface area contributed by atoms with Crippen molar-refractivity contribution in [1.29, 1.82) is 0 Å². The highest BCUT2D eigenvalue weighted by Crippen LogP contribution is 2.27. The molecule has 1 rings (SSSR count). The number of allylic oxidation sites excluding steroid dienone is 1. The number of ether oxygens (including phenoxy) is 1. The smallest absolute Gasteiger partial charge is 0.0500 e. The lowest BCUT2D eigenvalue weighted by Gasteiger charge is -1.98. The van der Waals surface area contributed by atoms with E-state index in [0.29, 0.717) is 0 Å². The van der Waals surface area contributed by atoms with E-state index in [-0.39, 0.29) is 0 Å². The fourth-order valence-corrected chi connectivity index (χ4v) is 0.971. The number of unbranched alkanes of at least 4 members (excludes halogenated alkanes) is 1. The maximum atomic E-state index is 5.41. The van der Waals surface area contributed by atoms with Crippen LogP contribution in [-0.4, -0.2) is 13.2 Å². The summed E-state index contributed by atoms with van der Waals surface area (Å²) in [5.41, 5.74) is 1.63. The minimum atomic E-state index is 0.920. The van der Waals surface area contributed by atoms with Crippen LogP contribution in [0, 0.1) is 0 Å². The zero-order valence-corrected chi connectivity index (χ0v) is 7.44. The van der Waals surface area contributed by atoms with Crippen LogP contribution in [0.25, 0.3) is 0 Å². The van der Waals surface area contributed by atoms with Crippen molar-refractivity contribution in [3.63, 3.8) is 0 Å². The lowest BCUT2D eigenvalue weighted by molar-refractivity contribution is 0.135. The standard InChI is InChI=1S/C10H18O/c1-2-3-8-11-9-4-5-10-6-7-10/h5H,2-4,6-9H2,1H3. The van der Waals surface area contributed by atoms with E-state index in [0.717, 1.165) is 19.6 Å². The molecule has 1 nitrogen and oxygen atoms in total. The van der Waals surface area contributed by atoms with Crippen molar-refractivity contribution in [2.75, 3.05) is 13.2 Å². The topological polar surface area (TPSA) is 9.23 Å². The van der Waals surface area contributed by atoms with Crippen LogP contribution in [-0.2, 0) is 4.74 Å². The van der Waals surface area contributed by atoms with Gasteiger partial charge in [0, 0.05) is 6.61 Å². The van der Waals surface area contributed by atoms with Gasteiger partial charge < -0.3 is 4.74 Å². The van der Waals surface area contributed by atoms with Crippen molar-refractivity contribution in [1.82, 2.24) is 0 Å². The Kier molecular flexibility index (Phi) is 4.29. The molecule has 11 heavy (non-hydrogen) atoms. The van der Waals surface area contributed by atoms with Gasteiger partial charge in [0.25, 0.3) is 0 Å². The van der Waals surface area contributed by atoms with E-state index in [2.05, 4.69) is 13.0 Å². The normalized spacial score (nSPS) is 15.2. The quantitative estimate of drug-likeness (QED) is 0.422. The maximum absolute atomic E-state index is 5.41. The Labute approximate surface area is 69.4 Å². The molecule has 0 spiro atoms. The number of hydrogen-bond donors (Lipinski definition) is 0. The van der Waals surface area contributed by atoms with Crippen LogP contribution in [0.3, 0.4) is 0 Å². The first kappa shape index (κ1) is 8.79. The van der Waals surface area contributed by atoms with E-state index >= 15 is 0 Å². The molecule has 1 fully saturated rings. The highest BCUT2D eigenvalue weighted by atomic mass is 16.5. The van der Waals surface area contributed by atoms with Gasteiger partial charge in [0.05, 0.1) is 6.61 Å². The van der Waals surface area contributed by atoms with Gasteiger partial charge in [0.15, 0.2) is 0 Å². The van der Waals surface area contributed by atoms with Gasteiger partial charge in [0.2, 0.25) is 0 Å². The fourth-order valence-electron chi connectivity index (χ4n) is 0.971. The molecule has 1 heteroatoms. The van der Waals surface area contributed by atoms with Gasteiger partial charge in [0.1, 0.15) is 0 Å². The predicted octanol–water partition coefficient (Wildman–Crippen LogP) is 2.91. The Morgan fingerprint density at radius 3 is 2.82 bits per heavy atom. The van der Waals surface area contributed by atoms with Crippen molar-refractivity contribution < 1.29 is 4.74 Å². The molecule has 0 bridgehead atoms. The Hall–Kier alpha value is -0.300. The molecule has 1 aliphatic rings. The Bertz CT molecular complexity index is 121. The molecule has 0 unspecified atom stereocenters. The van der Waals surface area contributed by atoms with Crippen LogP contribution in [0.15, 0.2) is 11.6 Å². The van der Waals surface area contributed by atoms with E-state index < -0.39 is 0 Å². The highest BCUT2D eigenvalue weighted by molar-refractivity contribution is 5.15. The summed E-state index contributed by atoms with van der Waals surface area (Å²) in [5, 5.41) is 0. The van der Waals surface area contributed by atoms with Crippen molar-refractivity contribution in [3.05, 3.63) is 11.6 Å². The van der Waals surface area contributed by atoms with Crippen LogP contribution in [0.2, 0.25) is 0 Å². The largest absolute Gasteiger partial charge is 0.381 e. The molecule has 1 saturated carbocycles. The van der Waals surface area contributed by atoms with Crippen molar-refractivity contribution in [2.45, 2.75) is 39.0 Å². The third-order valence-corrected chi connectivity index (χ3v) is 1.88. The molecule has 1 aliphatic carbocycles. The molecule has 0 atom stereocenters. The first-order valence-corrected chi connectivity index (χ1v) is 4.69. The average Bonchev–Trinajstić information content (AvgIpc) is 2.80.